The Morgan fingerprint density at radius 3 is 0.647 bits per heavy atom. The molecule has 0 radical (unpaired) electrons. The molecule has 0 bridgehead atoms. The van der Waals surface area contributed by atoms with Gasteiger partial charge in [-0.05, 0) is 27.1 Å². The van der Waals surface area contributed by atoms with Crippen molar-refractivity contribution in [3.8, 4) is 0 Å². The lowest BCUT2D eigenvalue weighted by Crippen LogP contribution is -2.12. The molecule has 0 heterocycles. The van der Waals surface area contributed by atoms with Gasteiger partial charge in [0.1, 0.15) is 0 Å². The highest BCUT2D eigenvalue weighted by Crippen LogP contribution is 2.16. The lowest BCUT2D eigenvalue weighted by Gasteiger charge is -2.08. The normalized spacial score (nSPS) is 11.3. The predicted molar refractivity (Wildman–Crippen MR) is 161 cm³/mol. The van der Waals surface area contributed by atoms with Crippen LogP contribution in [-0.4, -0.2) is 25.5 Å². The summed E-state index contributed by atoms with van der Waals surface area (Å²) in [5, 5.41) is 0. The van der Waals surface area contributed by atoms with Crippen LogP contribution in [0.2, 0.25) is 0 Å². The first-order valence-corrected chi connectivity index (χ1v) is 15.9. The maximum Gasteiger partial charge on any atom is -0.00248 e. The predicted octanol–water partition coefficient (Wildman–Crippen LogP) is 11.9. The van der Waals surface area contributed by atoms with Crippen LogP contribution in [0.3, 0.4) is 0 Å². The second-order valence-corrected chi connectivity index (χ2v) is 11.3. The molecule has 0 aliphatic rings. The molecule has 0 saturated heterocycles. The van der Waals surface area contributed by atoms with Gasteiger partial charge >= 0.3 is 0 Å². The fourth-order valence-electron chi connectivity index (χ4n) is 5.10. The molecule has 1 nitrogen and oxygen atoms in total. The molecule has 0 aliphatic heterocycles. The van der Waals surface area contributed by atoms with Crippen molar-refractivity contribution in [3.05, 3.63) is 0 Å². The van der Waals surface area contributed by atoms with Crippen molar-refractivity contribution in [1.29, 1.82) is 0 Å². The van der Waals surface area contributed by atoms with Crippen LogP contribution in [0, 0.1) is 0 Å². The molecule has 208 valence electrons. The van der Waals surface area contributed by atoms with Gasteiger partial charge in [0.2, 0.25) is 0 Å². The third-order valence-electron chi connectivity index (χ3n) is 7.46. The van der Waals surface area contributed by atoms with Crippen molar-refractivity contribution in [2.45, 2.75) is 187 Å². The minimum Gasteiger partial charge on any atom is -0.309 e. The molecule has 0 spiro atoms. The van der Waals surface area contributed by atoms with Gasteiger partial charge in [0.05, 0.1) is 0 Å². The number of hydrogen-bond acceptors (Lipinski definition) is 1. The molecule has 0 aliphatic carbocycles. The molecule has 0 aromatic heterocycles. The number of hydrogen-bond donors (Lipinski definition) is 0. The average Bonchev–Trinajstić information content (AvgIpc) is 2.80. The summed E-state index contributed by atoms with van der Waals surface area (Å²) in [6.07, 6.45) is 41.3. The van der Waals surface area contributed by atoms with E-state index in [2.05, 4.69) is 25.9 Å². The minimum absolute atomic E-state index is 0. The van der Waals surface area contributed by atoms with Crippen LogP contribution in [0.15, 0.2) is 0 Å². The van der Waals surface area contributed by atoms with E-state index in [1.807, 2.05) is 0 Å². The molecular weight excluding hydrogens is 434 g/mol. The van der Waals surface area contributed by atoms with Crippen molar-refractivity contribution < 1.29 is 0 Å². The summed E-state index contributed by atoms with van der Waals surface area (Å²) in [7, 11) is 4.36. The first-order chi connectivity index (χ1) is 16.3. The summed E-state index contributed by atoms with van der Waals surface area (Å²) in [5.41, 5.74) is 0. The van der Waals surface area contributed by atoms with E-state index in [1.165, 1.54) is 186 Å². The van der Waals surface area contributed by atoms with Crippen LogP contribution >= 0.6 is 12.4 Å². The first kappa shape index (κ1) is 36.4. The maximum absolute atomic E-state index is 2.31. The van der Waals surface area contributed by atoms with Crippen LogP contribution in [0.5, 0.6) is 0 Å². The fraction of sp³-hybridized carbons (Fsp3) is 1.00. The van der Waals surface area contributed by atoms with Crippen molar-refractivity contribution in [1.82, 2.24) is 4.90 Å². The molecule has 0 atom stereocenters. The number of unbranched alkanes of at least 4 members (excludes halogenated alkanes) is 27. The topological polar surface area (TPSA) is 3.24 Å². The molecule has 0 amide bonds. The first-order valence-electron chi connectivity index (χ1n) is 15.9. The lowest BCUT2D eigenvalue weighted by molar-refractivity contribution is 0.389. The summed E-state index contributed by atoms with van der Waals surface area (Å²) >= 11 is 0. The number of rotatable bonds is 29. The van der Waals surface area contributed by atoms with E-state index in [1.54, 1.807) is 0 Å². The molecule has 0 unspecified atom stereocenters. The fourth-order valence-corrected chi connectivity index (χ4v) is 5.10. The highest BCUT2D eigenvalue weighted by molar-refractivity contribution is 5.85. The Hall–Kier alpha value is 0.250. The van der Waals surface area contributed by atoms with E-state index in [0.29, 0.717) is 0 Å². The van der Waals surface area contributed by atoms with Crippen LogP contribution in [0.1, 0.15) is 187 Å². The standard InChI is InChI=1S/C32H67N.ClH/c1-4-5-6-7-8-9-10-11-12-13-14-15-16-17-18-19-20-21-22-23-24-25-26-27-28-29-30-31-32-33(2)3;/h4-32H2,1-3H3;1H. The van der Waals surface area contributed by atoms with Crippen molar-refractivity contribution >= 4 is 12.4 Å². The highest BCUT2D eigenvalue weighted by Gasteiger charge is 1.97. The van der Waals surface area contributed by atoms with Crippen LogP contribution in [0.25, 0.3) is 0 Å². The Bertz CT molecular complexity index is 331. The van der Waals surface area contributed by atoms with Crippen LogP contribution in [0.4, 0.5) is 0 Å². The monoisotopic (exact) mass is 502 g/mol. The van der Waals surface area contributed by atoms with E-state index in [9.17, 15) is 0 Å². The number of nitrogens with zero attached hydrogens (tertiary/aromatic N) is 1. The third-order valence-corrected chi connectivity index (χ3v) is 7.46. The van der Waals surface area contributed by atoms with Gasteiger partial charge in [-0.15, -0.1) is 12.4 Å². The van der Waals surface area contributed by atoms with Crippen LogP contribution < -0.4 is 0 Å². The molecule has 0 saturated carbocycles. The quantitative estimate of drug-likeness (QED) is 0.0920. The summed E-state index contributed by atoms with van der Waals surface area (Å²) in [4.78, 5) is 2.31. The second kappa shape index (κ2) is 33.2. The van der Waals surface area contributed by atoms with E-state index in [4.69, 9.17) is 0 Å². The maximum atomic E-state index is 2.31. The summed E-state index contributed by atoms with van der Waals surface area (Å²) < 4.78 is 0. The highest BCUT2D eigenvalue weighted by atomic mass is 35.5. The zero-order valence-electron chi connectivity index (χ0n) is 24.4. The van der Waals surface area contributed by atoms with E-state index >= 15 is 0 Å². The van der Waals surface area contributed by atoms with E-state index < -0.39 is 0 Å². The molecule has 0 aromatic carbocycles. The minimum atomic E-state index is 0. The zero-order chi connectivity index (χ0) is 24.1. The zero-order valence-corrected chi connectivity index (χ0v) is 25.2. The summed E-state index contributed by atoms with van der Waals surface area (Å²) in [6.45, 7) is 3.57. The van der Waals surface area contributed by atoms with Crippen molar-refractivity contribution in [3.63, 3.8) is 0 Å². The van der Waals surface area contributed by atoms with Crippen molar-refractivity contribution in [2.24, 2.45) is 0 Å². The number of halogens is 1. The lowest BCUT2D eigenvalue weighted by atomic mass is 10.0. The van der Waals surface area contributed by atoms with Gasteiger partial charge < -0.3 is 4.90 Å². The molecule has 0 rings (SSSR count). The van der Waals surface area contributed by atoms with Crippen molar-refractivity contribution in [2.75, 3.05) is 20.6 Å². The van der Waals surface area contributed by atoms with Gasteiger partial charge in [-0.25, -0.2) is 0 Å². The Labute approximate surface area is 224 Å². The van der Waals surface area contributed by atoms with Gasteiger partial charge in [0, 0.05) is 0 Å². The molecule has 0 aromatic rings. The molecular formula is C32H68ClN. The largest absolute Gasteiger partial charge is 0.309 e. The van der Waals surface area contributed by atoms with Gasteiger partial charge in [-0.3, -0.25) is 0 Å². The average molecular weight is 502 g/mol. The Morgan fingerprint density at radius 2 is 0.471 bits per heavy atom. The summed E-state index contributed by atoms with van der Waals surface area (Å²) in [5.74, 6) is 0. The second-order valence-electron chi connectivity index (χ2n) is 11.3. The van der Waals surface area contributed by atoms with Gasteiger partial charge in [0.25, 0.3) is 0 Å². The Morgan fingerprint density at radius 1 is 0.294 bits per heavy atom. The van der Waals surface area contributed by atoms with Gasteiger partial charge in [-0.2, -0.15) is 0 Å². The Kier molecular flexibility index (Phi) is 35.6. The SMILES string of the molecule is CCCCCCCCCCCCCCCCCCCCCCCCCCCCCCN(C)C.Cl. The van der Waals surface area contributed by atoms with Crippen LogP contribution in [-0.2, 0) is 0 Å². The molecule has 0 fully saturated rings. The third kappa shape index (κ3) is 34.4. The molecule has 34 heavy (non-hydrogen) atoms. The Balaban J connectivity index is 0. The van der Waals surface area contributed by atoms with E-state index in [-0.39, 0.29) is 12.4 Å². The van der Waals surface area contributed by atoms with Gasteiger partial charge in [0.15, 0.2) is 0 Å². The van der Waals surface area contributed by atoms with Gasteiger partial charge in [-0.1, -0.05) is 180 Å². The van der Waals surface area contributed by atoms with E-state index in [0.717, 1.165) is 0 Å². The molecule has 0 N–H and O–H groups in total. The summed E-state index contributed by atoms with van der Waals surface area (Å²) in [6, 6.07) is 0. The molecule has 2 heteroatoms. The smallest absolute Gasteiger partial charge is 0.00248 e.